The summed E-state index contributed by atoms with van der Waals surface area (Å²) in [5, 5.41) is 23.6. The molecule has 1 aromatic heterocycles. The zero-order valence-electron chi connectivity index (χ0n) is 11.2. The van der Waals surface area contributed by atoms with E-state index in [1.165, 1.54) is 29.4 Å². The zero-order valence-corrected chi connectivity index (χ0v) is 11.2. The van der Waals surface area contributed by atoms with Crippen molar-refractivity contribution >= 4 is 11.6 Å². The highest BCUT2D eigenvalue weighted by molar-refractivity contribution is 5.95. The maximum atomic E-state index is 11.8. The molecule has 2 aromatic rings. The van der Waals surface area contributed by atoms with Gasteiger partial charge in [0.05, 0.1) is 4.92 Å². The molecule has 1 heterocycles. The molecule has 0 fully saturated rings. The normalized spacial score (nSPS) is 9.95. The van der Waals surface area contributed by atoms with Gasteiger partial charge in [0.1, 0.15) is 18.1 Å². The summed E-state index contributed by atoms with van der Waals surface area (Å²) >= 11 is 0. The number of nitro benzene ring substituents is 1. The van der Waals surface area contributed by atoms with Gasteiger partial charge in [-0.25, -0.2) is 9.67 Å². The summed E-state index contributed by atoms with van der Waals surface area (Å²) in [6.45, 7) is 0. The summed E-state index contributed by atoms with van der Waals surface area (Å²) in [4.78, 5) is 27.4. The Labute approximate surface area is 119 Å². The highest BCUT2D eigenvalue weighted by Gasteiger charge is 2.20. The fourth-order valence-electron chi connectivity index (χ4n) is 1.68. The molecule has 9 nitrogen and oxygen atoms in total. The number of rotatable bonds is 3. The van der Waals surface area contributed by atoms with Gasteiger partial charge in [0.2, 0.25) is 0 Å². The molecule has 0 radical (unpaired) electrons. The monoisotopic (exact) mass is 286 g/mol. The molecular weight excluding hydrogens is 276 g/mol. The van der Waals surface area contributed by atoms with Crippen molar-refractivity contribution in [3.63, 3.8) is 0 Å². The third-order valence-corrected chi connectivity index (χ3v) is 2.66. The second kappa shape index (κ2) is 5.38. The fourth-order valence-corrected chi connectivity index (χ4v) is 1.68. The van der Waals surface area contributed by atoms with Crippen molar-refractivity contribution in [2.24, 2.45) is 0 Å². The van der Waals surface area contributed by atoms with E-state index in [0.717, 1.165) is 4.68 Å². The van der Waals surface area contributed by atoms with Gasteiger partial charge < -0.3 is 4.90 Å². The highest BCUT2D eigenvalue weighted by atomic mass is 16.6. The maximum Gasteiger partial charge on any atom is 0.295 e. The first kappa shape index (κ1) is 14.1. The van der Waals surface area contributed by atoms with Crippen molar-refractivity contribution in [3.05, 3.63) is 46.0 Å². The number of hydrogen-bond acceptors (Lipinski definition) is 6. The van der Waals surface area contributed by atoms with E-state index in [1.54, 1.807) is 20.2 Å². The highest BCUT2D eigenvalue weighted by Crippen LogP contribution is 2.24. The standard InChI is InChI=1S/C12H10N6O3/c1-16(2)12(19)8-3-4-9(10(5-8)18(20)21)17-7-14-11(6-13)15-17/h3-5,7H,1-2H3. The number of carbonyl (C=O) groups excluding carboxylic acids is 1. The Bertz CT molecular complexity index is 759. The molecular formula is C12H10N6O3. The Morgan fingerprint density at radius 1 is 1.48 bits per heavy atom. The van der Waals surface area contributed by atoms with Crippen molar-refractivity contribution < 1.29 is 9.72 Å². The second-order valence-corrected chi connectivity index (χ2v) is 4.28. The van der Waals surface area contributed by atoms with E-state index >= 15 is 0 Å². The summed E-state index contributed by atoms with van der Waals surface area (Å²) in [5.41, 5.74) is 0.0254. The quantitative estimate of drug-likeness (QED) is 0.606. The van der Waals surface area contributed by atoms with E-state index < -0.39 is 4.92 Å². The number of carbonyl (C=O) groups is 1. The average molecular weight is 286 g/mol. The summed E-state index contributed by atoms with van der Waals surface area (Å²) in [6, 6.07) is 5.76. The number of aromatic nitrogens is 3. The molecule has 0 atom stereocenters. The van der Waals surface area contributed by atoms with Crippen LogP contribution in [0, 0.1) is 21.4 Å². The van der Waals surface area contributed by atoms with E-state index in [9.17, 15) is 14.9 Å². The molecule has 106 valence electrons. The SMILES string of the molecule is CN(C)C(=O)c1ccc(-n2cnc(C#N)n2)c([N+](=O)[O-])c1. The van der Waals surface area contributed by atoms with E-state index in [1.807, 2.05) is 0 Å². The Morgan fingerprint density at radius 3 is 2.71 bits per heavy atom. The van der Waals surface area contributed by atoms with Gasteiger partial charge in [0, 0.05) is 25.7 Å². The molecule has 0 N–H and O–H groups in total. The van der Waals surface area contributed by atoms with Crippen LogP contribution in [0.25, 0.3) is 5.69 Å². The van der Waals surface area contributed by atoms with Crippen LogP contribution in [0.2, 0.25) is 0 Å². The van der Waals surface area contributed by atoms with Gasteiger partial charge in [0.25, 0.3) is 17.4 Å². The predicted octanol–water partition coefficient (Wildman–Crippen LogP) is 0.749. The van der Waals surface area contributed by atoms with Gasteiger partial charge in [-0.3, -0.25) is 14.9 Å². The number of amides is 1. The molecule has 9 heteroatoms. The fraction of sp³-hybridized carbons (Fsp3) is 0.167. The molecule has 21 heavy (non-hydrogen) atoms. The predicted molar refractivity (Wildman–Crippen MR) is 70.7 cm³/mol. The van der Waals surface area contributed by atoms with Crippen LogP contribution in [0.5, 0.6) is 0 Å². The van der Waals surface area contributed by atoms with Crippen LogP contribution < -0.4 is 0 Å². The van der Waals surface area contributed by atoms with Gasteiger partial charge in [-0.2, -0.15) is 5.26 Å². The Hall–Kier alpha value is -3.28. The van der Waals surface area contributed by atoms with E-state index in [-0.39, 0.29) is 28.7 Å². The van der Waals surface area contributed by atoms with Gasteiger partial charge in [0.15, 0.2) is 0 Å². The minimum Gasteiger partial charge on any atom is -0.345 e. The lowest BCUT2D eigenvalue weighted by atomic mass is 10.1. The third kappa shape index (κ3) is 2.69. The van der Waals surface area contributed by atoms with E-state index in [4.69, 9.17) is 5.26 Å². The van der Waals surface area contributed by atoms with Crippen molar-refractivity contribution in [2.45, 2.75) is 0 Å². The summed E-state index contributed by atoms with van der Waals surface area (Å²) in [7, 11) is 3.11. The van der Waals surface area contributed by atoms with Crippen molar-refractivity contribution in [2.75, 3.05) is 14.1 Å². The van der Waals surface area contributed by atoms with E-state index in [2.05, 4.69) is 10.1 Å². The lowest BCUT2D eigenvalue weighted by Gasteiger charge is -2.10. The first-order valence-corrected chi connectivity index (χ1v) is 5.76. The van der Waals surface area contributed by atoms with Gasteiger partial charge >= 0.3 is 0 Å². The molecule has 1 amide bonds. The largest absolute Gasteiger partial charge is 0.345 e. The zero-order chi connectivity index (χ0) is 15.6. The van der Waals surface area contributed by atoms with Crippen LogP contribution in [0.3, 0.4) is 0 Å². The Morgan fingerprint density at radius 2 is 2.19 bits per heavy atom. The summed E-state index contributed by atoms with van der Waals surface area (Å²) in [6.07, 6.45) is 1.20. The second-order valence-electron chi connectivity index (χ2n) is 4.28. The minimum absolute atomic E-state index is 0.0993. The molecule has 0 bridgehead atoms. The van der Waals surface area contributed by atoms with Crippen LogP contribution >= 0.6 is 0 Å². The smallest absolute Gasteiger partial charge is 0.295 e. The van der Waals surface area contributed by atoms with Crippen LogP contribution in [-0.2, 0) is 0 Å². The van der Waals surface area contributed by atoms with Crippen LogP contribution in [0.15, 0.2) is 24.5 Å². The number of benzene rings is 1. The number of nitriles is 1. The number of nitro groups is 1. The van der Waals surface area contributed by atoms with Crippen LogP contribution in [0.4, 0.5) is 5.69 Å². The summed E-state index contributed by atoms with van der Waals surface area (Å²) < 4.78 is 1.13. The third-order valence-electron chi connectivity index (χ3n) is 2.66. The Kier molecular flexibility index (Phi) is 3.62. The number of nitrogens with zero attached hydrogens (tertiary/aromatic N) is 6. The lowest BCUT2D eigenvalue weighted by Crippen LogP contribution is -2.21. The summed E-state index contributed by atoms with van der Waals surface area (Å²) in [5.74, 6) is -0.446. The first-order valence-electron chi connectivity index (χ1n) is 5.76. The number of hydrogen-bond donors (Lipinski definition) is 0. The average Bonchev–Trinajstić information content (AvgIpc) is 2.94. The molecule has 0 unspecified atom stereocenters. The van der Waals surface area contributed by atoms with Crippen LogP contribution in [0.1, 0.15) is 16.2 Å². The van der Waals surface area contributed by atoms with E-state index in [0.29, 0.717) is 0 Å². The van der Waals surface area contributed by atoms with Gasteiger partial charge in [-0.1, -0.05) is 0 Å². The topological polar surface area (TPSA) is 118 Å². The van der Waals surface area contributed by atoms with Crippen molar-refractivity contribution in [1.82, 2.24) is 19.7 Å². The first-order chi connectivity index (χ1) is 9.93. The van der Waals surface area contributed by atoms with Crippen molar-refractivity contribution in [1.29, 1.82) is 5.26 Å². The van der Waals surface area contributed by atoms with Gasteiger partial charge in [-0.15, -0.1) is 5.10 Å². The van der Waals surface area contributed by atoms with Crippen LogP contribution in [-0.4, -0.2) is 44.6 Å². The molecule has 0 aliphatic rings. The maximum absolute atomic E-state index is 11.8. The van der Waals surface area contributed by atoms with Gasteiger partial charge in [-0.05, 0) is 12.1 Å². The molecule has 0 saturated heterocycles. The molecule has 0 saturated carbocycles. The molecule has 0 aliphatic carbocycles. The molecule has 1 aromatic carbocycles. The van der Waals surface area contributed by atoms with Crippen molar-refractivity contribution in [3.8, 4) is 11.8 Å². The lowest BCUT2D eigenvalue weighted by molar-refractivity contribution is -0.384. The minimum atomic E-state index is -0.616. The molecule has 0 aliphatic heterocycles. The molecule has 2 rings (SSSR count). The Balaban J connectivity index is 2.55. The molecule has 0 spiro atoms.